The van der Waals surface area contributed by atoms with Gasteiger partial charge >= 0.3 is 0 Å². The Kier molecular flexibility index (Phi) is 3.46. The fraction of sp³-hybridized carbons (Fsp3) is 0.586. The maximum absolute atomic E-state index is 4.74. The van der Waals surface area contributed by atoms with Crippen molar-refractivity contribution < 1.29 is 0 Å². The van der Waals surface area contributed by atoms with Crippen LogP contribution in [-0.4, -0.2) is 19.1 Å². The first kappa shape index (κ1) is 19.0. The molecule has 0 N–H and O–H groups in total. The summed E-state index contributed by atoms with van der Waals surface area (Å²) < 4.78 is 4.93. The molecule has 0 amide bonds. The van der Waals surface area contributed by atoms with Gasteiger partial charge in [-0.15, -0.1) is 0 Å². The van der Waals surface area contributed by atoms with Crippen LogP contribution in [0.15, 0.2) is 55.4 Å². The third kappa shape index (κ3) is 2.11. The Morgan fingerprint density at radius 1 is 1.03 bits per heavy atom. The number of rotatable bonds is 2. The summed E-state index contributed by atoms with van der Waals surface area (Å²) in [5.41, 5.74) is 5.17. The van der Waals surface area contributed by atoms with Crippen molar-refractivity contribution in [3.8, 4) is 0 Å². The number of para-hydroxylation sites is 2. The third-order valence-electron chi connectivity index (χ3n) is 11.7. The van der Waals surface area contributed by atoms with Crippen LogP contribution in [0, 0.1) is 39.9 Å². The van der Waals surface area contributed by atoms with Crippen molar-refractivity contribution in [1.82, 2.24) is 19.1 Å². The van der Waals surface area contributed by atoms with E-state index >= 15 is 0 Å². The molecule has 1 aromatic carbocycles. The van der Waals surface area contributed by atoms with Crippen molar-refractivity contribution in [2.45, 2.75) is 64.8 Å². The fourth-order valence-corrected chi connectivity index (χ4v) is 10.2. The molecule has 33 heavy (non-hydrogen) atoms. The van der Waals surface area contributed by atoms with Gasteiger partial charge in [-0.2, -0.15) is 0 Å². The van der Waals surface area contributed by atoms with Gasteiger partial charge in [-0.05, 0) is 91.6 Å². The van der Waals surface area contributed by atoms with Crippen LogP contribution in [0.5, 0.6) is 0 Å². The van der Waals surface area contributed by atoms with E-state index in [0.717, 1.165) is 29.2 Å². The molecule has 8 rings (SSSR count). The Morgan fingerprint density at radius 2 is 1.94 bits per heavy atom. The number of nitrogens with zero attached hydrogens (tertiary/aromatic N) is 4. The predicted molar refractivity (Wildman–Crippen MR) is 130 cm³/mol. The molecule has 5 unspecified atom stereocenters. The van der Waals surface area contributed by atoms with Crippen molar-refractivity contribution in [3.05, 3.63) is 55.4 Å². The molecule has 170 valence electrons. The second-order valence-electron chi connectivity index (χ2n) is 12.4. The van der Waals surface area contributed by atoms with Crippen LogP contribution in [0.25, 0.3) is 16.7 Å². The molecule has 8 atom stereocenters. The van der Waals surface area contributed by atoms with Gasteiger partial charge in [0.05, 0.1) is 17.4 Å². The van der Waals surface area contributed by atoms with Gasteiger partial charge in [0.1, 0.15) is 6.33 Å². The van der Waals surface area contributed by atoms with Crippen LogP contribution in [0.3, 0.4) is 0 Å². The summed E-state index contributed by atoms with van der Waals surface area (Å²) in [5.74, 6) is 3.38. The summed E-state index contributed by atoms with van der Waals surface area (Å²) in [6.45, 7) is 5.28. The summed E-state index contributed by atoms with van der Waals surface area (Å²) in [7, 11) is 0. The maximum Gasteiger partial charge on any atom is 0.100 e. The Morgan fingerprint density at radius 3 is 2.79 bits per heavy atom. The lowest BCUT2D eigenvalue weighted by atomic mass is 9.45. The molecule has 5 aliphatic rings. The van der Waals surface area contributed by atoms with Gasteiger partial charge < -0.3 is 9.13 Å². The van der Waals surface area contributed by atoms with Gasteiger partial charge in [-0.25, -0.2) is 9.97 Å². The van der Waals surface area contributed by atoms with E-state index in [1.165, 1.54) is 56.2 Å². The number of aromatic nitrogens is 4. The quantitative estimate of drug-likeness (QED) is 0.453. The Bertz CT molecular complexity index is 1290. The van der Waals surface area contributed by atoms with Gasteiger partial charge in [-0.3, -0.25) is 0 Å². The number of fused-ring (bicyclic) bond motifs is 5. The van der Waals surface area contributed by atoms with E-state index in [0.29, 0.717) is 16.9 Å². The van der Waals surface area contributed by atoms with Crippen LogP contribution in [0.1, 0.15) is 64.8 Å². The first-order valence-electron chi connectivity index (χ1n) is 13.2. The lowest BCUT2D eigenvalue weighted by Crippen LogP contribution is -2.54. The standard InChI is InChI=1S/C29H34N4/c1-27-11-10-22-20(21(27)7-8-25(27)33-18-31-23-5-3-4-6-24(23)33)15-26(32-14-13-30-17-32)29-16-19(29)9-12-28(22,29)2/h3-6,8,13-14,17-22,26H,7,9-12,15-16H2,1-2H3/t19?,20?,21?,22?,26-,27+,28-,29?/m1/s1. The van der Waals surface area contributed by atoms with Crippen molar-refractivity contribution >= 4 is 16.7 Å². The molecular weight excluding hydrogens is 404 g/mol. The number of allylic oxidation sites excluding steroid dienone is 2. The van der Waals surface area contributed by atoms with Crippen molar-refractivity contribution in [1.29, 1.82) is 0 Å². The highest BCUT2D eigenvalue weighted by Gasteiger charge is 2.77. The molecule has 4 heteroatoms. The van der Waals surface area contributed by atoms with E-state index in [1.807, 2.05) is 6.20 Å². The van der Waals surface area contributed by atoms with Gasteiger partial charge in [-0.1, -0.05) is 32.1 Å². The monoisotopic (exact) mass is 438 g/mol. The summed E-state index contributed by atoms with van der Waals surface area (Å²) in [4.78, 5) is 9.23. The highest BCUT2D eigenvalue weighted by molar-refractivity contribution is 5.80. The molecule has 2 aromatic heterocycles. The van der Waals surface area contributed by atoms with E-state index in [9.17, 15) is 0 Å². The van der Waals surface area contributed by atoms with Crippen LogP contribution in [-0.2, 0) is 0 Å². The van der Waals surface area contributed by atoms with Crippen LogP contribution < -0.4 is 0 Å². The highest BCUT2D eigenvalue weighted by atomic mass is 15.1. The zero-order chi connectivity index (χ0) is 22.0. The number of hydrogen-bond donors (Lipinski definition) is 0. The van der Waals surface area contributed by atoms with Crippen molar-refractivity contribution in [3.63, 3.8) is 0 Å². The second kappa shape index (κ2) is 6.00. The minimum absolute atomic E-state index is 0.243. The molecule has 0 bridgehead atoms. The molecule has 3 aromatic rings. The number of benzene rings is 1. The van der Waals surface area contributed by atoms with Gasteiger partial charge in [0.2, 0.25) is 0 Å². The molecule has 1 spiro atoms. The molecule has 0 saturated heterocycles. The highest BCUT2D eigenvalue weighted by Crippen LogP contribution is 2.84. The second-order valence-corrected chi connectivity index (χ2v) is 12.4. The predicted octanol–water partition coefficient (Wildman–Crippen LogP) is 6.58. The SMILES string of the molecule is C[C@]12CCC3C(C[C@@H](n4ccnc4)C45CC4CC[C@]35C)C1CC=C2n1cnc2ccccc21. The number of imidazole rings is 2. The zero-order valence-corrected chi connectivity index (χ0v) is 19.8. The Labute approximate surface area is 196 Å². The largest absolute Gasteiger partial charge is 0.334 e. The molecule has 5 aliphatic carbocycles. The summed E-state index contributed by atoms with van der Waals surface area (Å²) in [5, 5.41) is 0. The summed E-state index contributed by atoms with van der Waals surface area (Å²) >= 11 is 0. The normalized spacial score (nSPS) is 45.3. The average Bonchev–Trinajstić information content (AvgIpc) is 3.28. The van der Waals surface area contributed by atoms with Crippen molar-refractivity contribution in [2.75, 3.05) is 0 Å². The smallest absolute Gasteiger partial charge is 0.100 e. The number of hydrogen-bond acceptors (Lipinski definition) is 2. The molecule has 0 aliphatic heterocycles. The lowest BCUT2D eigenvalue weighted by Gasteiger charge is -2.61. The summed E-state index contributed by atoms with van der Waals surface area (Å²) in [6, 6.07) is 9.26. The molecule has 4 saturated carbocycles. The van der Waals surface area contributed by atoms with Crippen molar-refractivity contribution in [2.24, 2.45) is 39.9 Å². The topological polar surface area (TPSA) is 35.6 Å². The van der Waals surface area contributed by atoms with Crippen LogP contribution in [0.4, 0.5) is 0 Å². The molecule has 4 fully saturated rings. The fourth-order valence-electron chi connectivity index (χ4n) is 10.2. The minimum Gasteiger partial charge on any atom is -0.334 e. The summed E-state index contributed by atoms with van der Waals surface area (Å²) in [6.07, 6.45) is 20.7. The van der Waals surface area contributed by atoms with E-state index < -0.39 is 0 Å². The Hall–Kier alpha value is -2.36. The first-order chi connectivity index (χ1) is 16.1. The lowest BCUT2D eigenvalue weighted by molar-refractivity contribution is -0.107. The molecular formula is C29H34N4. The van der Waals surface area contributed by atoms with Crippen LogP contribution in [0.2, 0.25) is 0 Å². The minimum atomic E-state index is 0.243. The van der Waals surface area contributed by atoms with Gasteiger partial charge in [0.15, 0.2) is 0 Å². The Balaban J connectivity index is 1.21. The zero-order valence-electron chi connectivity index (χ0n) is 19.8. The van der Waals surface area contributed by atoms with E-state index in [-0.39, 0.29) is 5.41 Å². The molecule has 0 radical (unpaired) electrons. The molecule has 4 nitrogen and oxygen atoms in total. The van der Waals surface area contributed by atoms with Gasteiger partial charge in [0.25, 0.3) is 0 Å². The van der Waals surface area contributed by atoms with E-state index in [4.69, 9.17) is 4.98 Å². The van der Waals surface area contributed by atoms with E-state index in [2.05, 4.69) is 77.2 Å². The van der Waals surface area contributed by atoms with Crippen LogP contribution >= 0.6 is 0 Å². The average molecular weight is 439 g/mol. The van der Waals surface area contributed by atoms with E-state index in [1.54, 1.807) is 0 Å². The van der Waals surface area contributed by atoms with Gasteiger partial charge in [0, 0.05) is 29.5 Å². The first-order valence-corrected chi connectivity index (χ1v) is 13.2. The third-order valence-corrected chi connectivity index (χ3v) is 11.7. The maximum atomic E-state index is 4.74. The molecule has 2 heterocycles.